The van der Waals surface area contributed by atoms with Crippen molar-refractivity contribution in [3.8, 4) is 0 Å². The molecule has 3 rings (SSSR count). The molecular weight excluding hydrogens is 301 g/mol. The smallest absolute Gasteiger partial charge is 0.338 e. The molecular formula is C16H18FN3O3. The highest BCUT2D eigenvalue weighted by Crippen LogP contribution is 2.20. The molecule has 7 heteroatoms. The predicted octanol–water partition coefficient (Wildman–Crippen LogP) is 1.75. The summed E-state index contributed by atoms with van der Waals surface area (Å²) in [6.45, 7) is 2.59. The van der Waals surface area contributed by atoms with Gasteiger partial charge in [-0.25, -0.2) is 9.18 Å². The Morgan fingerprint density at radius 1 is 1.35 bits per heavy atom. The second kappa shape index (κ2) is 6.78. The molecule has 2 heterocycles. The van der Waals surface area contributed by atoms with Crippen molar-refractivity contribution >= 4 is 11.7 Å². The fourth-order valence-electron chi connectivity index (χ4n) is 2.46. The number of rotatable bonds is 4. The Morgan fingerprint density at radius 2 is 2.13 bits per heavy atom. The average Bonchev–Trinajstić information content (AvgIpc) is 2.98. The molecule has 0 radical (unpaired) electrons. The van der Waals surface area contributed by atoms with Crippen LogP contribution in [0.5, 0.6) is 0 Å². The van der Waals surface area contributed by atoms with Crippen LogP contribution in [0, 0.1) is 5.82 Å². The van der Waals surface area contributed by atoms with Crippen molar-refractivity contribution in [2.45, 2.75) is 6.61 Å². The van der Waals surface area contributed by atoms with E-state index in [4.69, 9.17) is 9.47 Å². The molecule has 0 atom stereocenters. The third-order valence-corrected chi connectivity index (χ3v) is 3.61. The Kier molecular flexibility index (Phi) is 4.57. The van der Waals surface area contributed by atoms with Crippen LogP contribution < -0.4 is 4.90 Å². The van der Waals surface area contributed by atoms with Crippen LogP contribution in [0.2, 0.25) is 0 Å². The first-order chi connectivity index (χ1) is 11.1. The lowest BCUT2D eigenvalue weighted by Crippen LogP contribution is -2.36. The van der Waals surface area contributed by atoms with Gasteiger partial charge in [-0.2, -0.15) is 5.10 Å². The number of esters is 1. The van der Waals surface area contributed by atoms with Gasteiger partial charge >= 0.3 is 5.97 Å². The topological polar surface area (TPSA) is 56.6 Å². The summed E-state index contributed by atoms with van der Waals surface area (Å²) in [4.78, 5) is 14.1. The first-order valence-electron chi connectivity index (χ1n) is 7.41. The second-order valence-electron chi connectivity index (χ2n) is 5.35. The highest BCUT2D eigenvalue weighted by atomic mass is 19.1. The molecule has 0 spiro atoms. The third-order valence-electron chi connectivity index (χ3n) is 3.61. The number of anilines is 1. The molecule has 0 amide bonds. The van der Waals surface area contributed by atoms with Crippen molar-refractivity contribution in [2.75, 3.05) is 31.2 Å². The Morgan fingerprint density at radius 3 is 2.83 bits per heavy atom. The maximum Gasteiger partial charge on any atom is 0.338 e. The van der Waals surface area contributed by atoms with Crippen LogP contribution in [0.1, 0.15) is 16.1 Å². The number of aryl methyl sites for hydroxylation is 1. The molecule has 2 aromatic rings. The van der Waals surface area contributed by atoms with E-state index in [2.05, 4.69) is 5.10 Å². The summed E-state index contributed by atoms with van der Waals surface area (Å²) in [5.41, 5.74) is 1.51. The minimum Gasteiger partial charge on any atom is -0.456 e. The van der Waals surface area contributed by atoms with Crippen LogP contribution in [-0.4, -0.2) is 42.1 Å². The van der Waals surface area contributed by atoms with Crippen molar-refractivity contribution < 1.29 is 18.7 Å². The first-order valence-corrected chi connectivity index (χ1v) is 7.41. The van der Waals surface area contributed by atoms with Gasteiger partial charge in [-0.1, -0.05) is 0 Å². The molecule has 0 N–H and O–H groups in total. The zero-order chi connectivity index (χ0) is 16.2. The van der Waals surface area contributed by atoms with Gasteiger partial charge in [-0.15, -0.1) is 0 Å². The van der Waals surface area contributed by atoms with Gasteiger partial charge < -0.3 is 14.4 Å². The van der Waals surface area contributed by atoms with Crippen molar-refractivity contribution in [2.24, 2.45) is 7.05 Å². The van der Waals surface area contributed by atoms with Crippen molar-refractivity contribution in [1.29, 1.82) is 0 Å². The van der Waals surface area contributed by atoms with Crippen LogP contribution in [0.15, 0.2) is 30.5 Å². The standard InChI is InChI=1S/C16H18FN3O3/c1-19-3-2-14(18-19)11-23-16(21)12-8-13(17)10-15(9-12)20-4-6-22-7-5-20/h2-3,8-10H,4-7,11H2,1H3. The van der Waals surface area contributed by atoms with E-state index in [1.165, 1.54) is 12.1 Å². The number of halogens is 1. The Labute approximate surface area is 133 Å². The number of hydrogen-bond donors (Lipinski definition) is 0. The second-order valence-corrected chi connectivity index (χ2v) is 5.35. The number of nitrogens with zero attached hydrogens (tertiary/aromatic N) is 3. The van der Waals surface area contributed by atoms with Crippen molar-refractivity contribution in [3.05, 3.63) is 47.5 Å². The van der Waals surface area contributed by atoms with Gasteiger partial charge in [0, 0.05) is 32.0 Å². The van der Waals surface area contributed by atoms with E-state index >= 15 is 0 Å². The van der Waals surface area contributed by atoms with E-state index in [1.807, 2.05) is 4.90 Å². The van der Waals surface area contributed by atoms with Gasteiger partial charge in [0.25, 0.3) is 0 Å². The zero-order valence-corrected chi connectivity index (χ0v) is 12.9. The summed E-state index contributed by atoms with van der Waals surface area (Å²) >= 11 is 0. The Balaban J connectivity index is 1.70. The van der Waals surface area contributed by atoms with Crippen molar-refractivity contribution in [3.63, 3.8) is 0 Å². The fourth-order valence-corrected chi connectivity index (χ4v) is 2.46. The largest absolute Gasteiger partial charge is 0.456 e. The number of carbonyl (C=O) groups excluding carboxylic acids is 1. The minimum atomic E-state index is -0.565. The van der Waals surface area contributed by atoms with E-state index in [0.717, 1.165) is 0 Å². The fraction of sp³-hybridized carbons (Fsp3) is 0.375. The van der Waals surface area contributed by atoms with Gasteiger partial charge in [0.15, 0.2) is 0 Å². The van der Waals surface area contributed by atoms with Gasteiger partial charge in [0.2, 0.25) is 0 Å². The number of ether oxygens (including phenoxy) is 2. The molecule has 1 aromatic heterocycles. The molecule has 1 fully saturated rings. The lowest BCUT2D eigenvalue weighted by molar-refractivity contribution is 0.0466. The Hall–Kier alpha value is -2.41. The van der Waals surface area contributed by atoms with E-state index < -0.39 is 11.8 Å². The average molecular weight is 319 g/mol. The number of aromatic nitrogens is 2. The molecule has 1 aromatic carbocycles. The summed E-state index contributed by atoms with van der Waals surface area (Å²) in [5, 5.41) is 4.13. The minimum absolute atomic E-state index is 0.0586. The van der Waals surface area contributed by atoms with E-state index in [1.54, 1.807) is 30.1 Å². The van der Waals surface area contributed by atoms with Gasteiger partial charge in [-0.3, -0.25) is 4.68 Å². The van der Waals surface area contributed by atoms with Crippen LogP contribution in [0.25, 0.3) is 0 Å². The maximum atomic E-state index is 13.8. The molecule has 122 valence electrons. The van der Waals surface area contributed by atoms with Gasteiger partial charge in [0.1, 0.15) is 12.4 Å². The molecule has 0 unspecified atom stereocenters. The first kappa shape index (κ1) is 15.5. The molecule has 23 heavy (non-hydrogen) atoms. The quantitative estimate of drug-likeness (QED) is 0.804. The number of benzene rings is 1. The van der Waals surface area contributed by atoms with Crippen LogP contribution >= 0.6 is 0 Å². The summed E-state index contributed by atoms with van der Waals surface area (Å²) < 4.78 is 25.9. The van der Waals surface area contributed by atoms with Crippen LogP contribution in [0.4, 0.5) is 10.1 Å². The summed E-state index contributed by atoms with van der Waals surface area (Å²) in [6, 6.07) is 6.01. The summed E-state index contributed by atoms with van der Waals surface area (Å²) in [7, 11) is 1.78. The lowest BCUT2D eigenvalue weighted by atomic mass is 10.1. The number of carbonyl (C=O) groups is 1. The molecule has 6 nitrogen and oxygen atoms in total. The molecule has 1 saturated heterocycles. The van der Waals surface area contributed by atoms with E-state index in [0.29, 0.717) is 37.7 Å². The van der Waals surface area contributed by atoms with Crippen LogP contribution in [-0.2, 0) is 23.1 Å². The van der Waals surface area contributed by atoms with Gasteiger partial charge in [0.05, 0.1) is 24.5 Å². The molecule has 1 aliphatic heterocycles. The molecule has 0 bridgehead atoms. The van der Waals surface area contributed by atoms with Crippen molar-refractivity contribution in [1.82, 2.24) is 9.78 Å². The molecule has 0 aliphatic carbocycles. The Bertz CT molecular complexity index is 696. The zero-order valence-electron chi connectivity index (χ0n) is 12.9. The number of morpholine rings is 1. The van der Waals surface area contributed by atoms with Gasteiger partial charge in [-0.05, 0) is 24.3 Å². The highest BCUT2D eigenvalue weighted by Gasteiger charge is 2.16. The highest BCUT2D eigenvalue weighted by molar-refractivity contribution is 5.90. The van der Waals surface area contributed by atoms with E-state index in [9.17, 15) is 9.18 Å². The predicted molar refractivity (Wildman–Crippen MR) is 81.8 cm³/mol. The van der Waals surface area contributed by atoms with Crippen LogP contribution in [0.3, 0.4) is 0 Å². The van der Waals surface area contributed by atoms with E-state index in [-0.39, 0.29) is 12.2 Å². The SMILES string of the molecule is Cn1ccc(COC(=O)c2cc(F)cc(N3CCOCC3)c2)n1. The maximum absolute atomic E-state index is 13.8. The third kappa shape index (κ3) is 3.87. The molecule has 1 aliphatic rings. The lowest BCUT2D eigenvalue weighted by Gasteiger charge is -2.29. The molecule has 0 saturated carbocycles. The summed E-state index contributed by atoms with van der Waals surface area (Å²) in [5.74, 6) is -1.02. The summed E-state index contributed by atoms with van der Waals surface area (Å²) in [6.07, 6.45) is 1.77. The normalized spacial score (nSPS) is 14.8. The number of hydrogen-bond acceptors (Lipinski definition) is 5. The monoisotopic (exact) mass is 319 g/mol.